The Kier molecular flexibility index (Phi) is 4.49. The first-order chi connectivity index (χ1) is 7.58. The molecule has 1 heterocycles. The molecule has 1 aromatic rings. The van der Waals surface area contributed by atoms with Gasteiger partial charge in [-0.25, -0.2) is 0 Å². The maximum Gasteiger partial charge on any atom is 0.272 e. The van der Waals surface area contributed by atoms with Crippen LogP contribution in [0, 0.1) is 6.92 Å². The normalized spacial score (nSPS) is 12.5. The van der Waals surface area contributed by atoms with Crippen LogP contribution in [-0.2, 0) is 7.05 Å². The fraction of sp³-hybridized carbons (Fsp3) is 0.636. The minimum atomic E-state index is -0.177. The second kappa shape index (κ2) is 5.65. The zero-order valence-electron chi connectivity index (χ0n) is 10.0. The summed E-state index contributed by atoms with van der Waals surface area (Å²) in [5.74, 6) is -0.177. The third kappa shape index (κ3) is 3.06. The van der Waals surface area contributed by atoms with E-state index in [9.17, 15) is 4.79 Å². The molecular weight excluding hydrogens is 206 g/mol. The monoisotopic (exact) mass is 225 g/mol. The predicted octanol–water partition coefficient (Wildman–Crippen LogP) is 0.619. The number of aromatic nitrogens is 2. The number of aliphatic hydroxyl groups is 1. The van der Waals surface area contributed by atoms with Crippen LogP contribution in [0.2, 0.25) is 0 Å². The van der Waals surface area contributed by atoms with E-state index in [-0.39, 0.29) is 18.6 Å². The van der Waals surface area contributed by atoms with Gasteiger partial charge in [-0.05, 0) is 25.8 Å². The molecule has 0 aliphatic rings. The number of aryl methyl sites for hydroxylation is 2. The van der Waals surface area contributed by atoms with Crippen molar-refractivity contribution in [2.75, 3.05) is 6.61 Å². The van der Waals surface area contributed by atoms with Crippen LogP contribution in [0.3, 0.4) is 0 Å². The molecule has 5 heteroatoms. The summed E-state index contributed by atoms with van der Waals surface area (Å²) in [6.07, 6.45) is 1.38. The van der Waals surface area contributed by atoms with Crippen molar-refractivity contribution in [2.24, 2.45) is 7.05 Å². The van der Waals surface area contributed by atoms with Gasteiger partial charge in [0.25, 0.3) is 5.91 Å². The average Bonchev–Trinajstić information content (AvgIpc) is 2.58. The van der Waals surface area contributed by atoms with Crippen LogP contribution in [0.4, 0.5) is 0 Å². The first kappa shape index (κ1) is 12.7. The van der Waals surface area contributed by atoms with Crippen LogP contribution in [0.5, 0.6) is 0 Å². The van der Waals surface area contributed by atoms with E-state index < -0.39 is 0 Å². The third-order valence-corrected chi connectivity index (χ3v) is 2.65. The lowest BCUT2D eigenvalue weighted by molar-refractivity contribution is 0.0923. The molecule has 16 heavy (non-hydrogen) atoms. The highest BCUT2D eigenvalue weighted by Crippen LogP contribution is 2.03. The van der Waals surface area contributed by atoms with E-state index in [4.69, 9.17) is 5.11 Å². The molecule has 0 radical (unpaired) electrons. The zero-order chi connectivity index (χ0) is 12.1. The van der Waals surface area contributed by atoms with E-state index in [2.05, 4.69) is 10.4 Å². The van der Waals surface area contributed by atoms with Gasteiger partial charge in [0.05, 0.1) is 0 Å². The quantitative estimate of drug-likeness (QED) is 0.772. The Morgan fingerprint density at radius 2 is 2.38 bits per heavy atom. The van der Waals surface area contributed by atoms with Crippen molar-refractivity contribution in [1.29, 1.82) is 0 Å². The average molecular weight is 225 g/mol. The Bertz CT molecular complexity index is 341. The van der Waals surface area contributed by atoms with Gasteiger partial charge in [0.1, 0.15) is 5.69 Å². The second-order valence-corrected chi connectivity index (χ2v) is 3.89. The maximum atomic E-state index is 11.8. The van der Waals surface area contributed by atoms with Gasteiger partial charge < -0.3 is 10.4 Å². The fourth-order valence-electron chi connectivity index (χ4n) is 1.47. The fourth-order valence-corrected chi connectivity index (χ4v) is 1.47. The smallest absolute Gasteiger partial charge is 0.272 e. The van der Waals surface area contributed by atoms with Crippen molar-refractivity contribution in [3.63, 3.8) is 0 Å². The molecular formula is C11H19N3O2. The topological polar surface area (TPSA) is 67.2 Å². The number of rotatable bonds is 5. The molecule has 0 aliphatic heterocycles. The largest absolute Gasteiger partial charge is 0.396 e. The van der Waals surface area contributed by atoms with Crippen LogP contribution < -0.4 is 5.32 Å². The molecule has 2 N–H and O–H groups in total. The van der Waals surface area contributed by atoms with E-state index in [1.165, 1.54) is 0 Å². The summed E-state index contributed by atoms with van der Waals surface area (Å²) in [6.45, 7) is 3.96. The van der Waals surface area contributed by atoms with Crippen molar-refractivity contribution in [3.05, 3.63) is 17.5 Å². The molecule has 5 nitrogen and oxygen atoms in total. The number of hydrogen-bond donors (Lipinski definition) is 2. The Morgan fingerprint density at radius 3 is 2.81 bits per heavy atom. The number of aliphatic hydroxyl groups excluding tert-OH is 1. The molecule has 1 amide bonds. The van der Waals surface area contributed by atoms with Crippen LogP contribution in [0.1, 0.15) is 35.9 Å². The van der Waals surface area contributed by atoms with Crippen molar-refractivity contribution in [3.8, 4) is 0 Å². The standard InChI is InChI=1S/C11H19N3O2/c1-4-9(5-6-15)12-11(16)10-7-8(2)14(3)13-10/h7,9,15H,4-6H2,1-3H3,(H,12,16). The Balaban J connectivity index is 2.64. The lowest BCUT2D eigenvalue weighted by atomic mass is 10.1. The maximum absolute atomic E-state index is 11.8. The van der Waals surface area contributed by atoms with E-state index >= 15 is 0 Å². The van der Waals surface area contributed by atoms with Crippen LogP contribution in [-0.4, -0.2) is 33.4 Å². The Labute approximate surface area is 95.5 Å². The summed E-state index contributed by atoms with van der Waals surface area (Å²) >= 11 is 0. The molecule has 0 spiro atoms. The molecule has 0 bridgehead atoms. The van der Waals surface area contributed by atoms with E-state index in [1.54, 1.807) is 17.8 Å². The molecule has 0 saturated carbocycles. The van der Waals surface area contributed by atoms with Crippen molar-refractivity contribution in [1.82, 2.24) is 15.1 Å². The van der Waals surface area contributed by atoms with Crippen molar-refractivity contribution >= 4 is 5.91 Å². The summed E-state index contributed by atoms with van der Waals surface area (Å²) in [5.41, 5.74) is 1.37. The summed E-state index contributed by atoms with van der Waals surface area (Å²) in [5, 5.41) is 15.8. The van der Waals surface area contributed by atoms with Gasteiger partial charge in [-0.15, -0.1) is 0 Å². The first-order valence-corrected chi connectivity index (χ1v) is 5.50. The number of nitrogens with zero attached hydrogens (tertiary/aromatic N) is 2. The summed E-state index contributed by atoms with van der Waals surface area (Å²) in [4.78, 5) is 11.8. The van der Waals surface area contributed by atoms with E-state index in [1.807, 2.05) is 13.8 Å². The van der Waals surface area contributed by atoms with E-state index in [0.717, 1.165) is 12.1 Å². The number of nitrogens with one attached hydrogen (secondary N) is 1. The van der Waals surface area contributed by atoms with Gasteiger partial charge in [-0.2, -0.15) is 5.10 Å². The second-order valence-electron chi connectivity index (χ2n) is 3.89. The third-order valence-electron chi connectivity index (χ3n) is 2.65. The van der Waals surface area contributed by atoms with Gasteiger partial charge in [-0.3, -0.25) is 9.48 Å². The van der Waals surface area contributed by atoms with Crippen LogP contribution >= 0.6 is 0 Å². The SMILES string of the molecule is CCC(CCO)NC(=O)c1cc(C)n(C)n1. The van der Waals surface area contributed by atoms with Gasteiger partial charge in [0.15, 0.2) is 0 Å². The zero-order valence-corrected chi connectivity index (χ0v) is 10.0. The van der Waals surface area contributed by atoms with Crippen LogP contribution in [0.25, 0.3) is 0 Å². The molecule has 1 rings (SSSR count). The number of hydrogen-bond acceptors (Lipinski definition) is 3. The lowest BCUT2D eigenvalue weighted by Gasteiger charge is -2.14. The summed E-state index contributed by atoms with van der Waals surface area (Å²) < 4.78 is 1.67. The molecule has 0 aromatic carbocycles. The molecule has 1 atom stereocenters. The summed E-state index contributed by atoms with van der Waals surface area (Å²) in [6, 6.07) is 1.76. The molecule has 0 aliphatic carbocycles. The minimum Gasteiger partial charge on any atom is -0.396 e. The minimum absolute atomic E-state index is 0.0137. The van der Waals surface area contributed by atoms with Gasteiger partial charge in [-0.1, -0.05) is 6.92 Å². The van der Waals surface area contributed by atoms with E-state index in [0.29, 0.717) is 12.1 Å². The first-order valence-electron chi connectivity index (χ1n) is 5.50. The molecule has 0 fully saturated rings. The van der Waals surface area contributed by atoms with Crippen molar-refractivity contribution < 1.29 is 9.90 Å². The predicted molar refractivity (Wildman–Crippen MR) is 61.2 cm³/mol. The summed E-state index contributed by atoms with van der Waals surface area (Å²) in [7, 11) is 1.80. The number of carbonyl (C=O) groups is 1. The highest BCUT2D eigenvalue weighted by Gasteiger charge is 2.14. The number of amides is 1. The van der Waals surface area contributed by atoms with Crippen LogP contribution in [0.15, 0.2) is 6.07 Å². The highest BCUT2D eigenvalue weighted by atomic mass is 16.3. The molecule has 1 aromatic heterocycles. The van der Waals surface area contributed by atoms with Gasteiger partial charge in [0, 0.05) is 25.4 Å². The molecule has 0 saturated heterocycles. The lowest BCUT2D eigenvalue weighted by Crippen LogP contribution is -2.35. The van der Waals surface area contributed by atoms with Gasteiger partial charge in [0.2, 0.25) is 0 Å². The highest BCUT2D eigenvalue weighted by molar-refractivity contribution is 5.92. The van der Waals surface area contributed by atoms with Crippen molar-refractivity contribution in [2.45, 2.75) is 32.7 Å². The van der Waals surface area contributed by atoms with Gasteiger partial charge >= 0.3 is 0 Å². The molecule has 1 unspecified atom stereocenters. The Morgan fingerprint density at radius 1 is 1.69 bits per heavy atom. The molecule has 90 valence electrons. The number of carbonyl (C=O) groups excluding carboxylic acids is 1. The Hall–Kier alpha value is -1.36.